The molecule has 0 atom stereocenters. The maximum atomic E-state index is 13.1. The SMILES string of the molecule is COc1cc2cc(C(=O)Nc3cccc(Br)c3)cc(-c3ccc(C)cc3)c2cc1OC. The van der Waals surface area contributed by atoms with E-state index in [1.54, 1.807) is 14.2 Å². The Balaban J connectivity index is 1.87. The van der Waals surface area contributed by atoms with Gasteiger partial charge in [0.15, 0.2) is 11.5 Å². The highest BCUT2D eigenvalue weighted by molar-refractivity contribution is 9.10. The number of hydrogen-bond donors (Lipinski definition) is 1. The fraction of sp³-hybridized carbons (Fsp3) is 0.115. The number of nitrogens with one attached hydrogen (secondary N) is 1. The first-order chi connectivity index (χ1) is 15.0. The van der Waals surface area contributed by atoms with Gasteiger partial charge in [-0.1, -0.05) is 51.8 Å². The van der Waals surface area contributed by atoms with Crippen LogP contribution in [0.15, 0.2) is 77.3 Å². The number of carbonyl (C=O) groups excluding carboxylic acids is 1. The Morgan fingerprint density at radius 2 is 1.58 bits per heavy atom. The number of aryl methyl sites for hydroxylation is 1. The van der Waals surface area contributed by atoms with Gasteiger partial charge >= 0.3 is 0 Å². The first-order valence-electron chi connectivity index (χ1n) is 9.82. The molecule has 0 heterocycles. The molecule has 0 saturated heterocycles. The van der Waals surface area contributed by atoms with Crippen molar-refractivity contribution in [3.05, 3.63) is 88.4 Å². The maximum absolute atomic E-state index is 13.1. The molecule has 0 aliphatic rings. The number of halogens is 1. The largest absolute Gasteiger partial charge is 0.493 e. The van der Waals surface area contributed by atoms with Crippen molar-refractivity contribution in [1.82, 2.24) is 0 Å². The number of anilines is 1. The lowest BCUT2D eigenvalue weighted by Crippen LogP contribution is -2.12. The van der Waals surface area contributed by atoms with E-state index in [2.05, 4.69) is 52.4 Å². The van der Waals surface area contributed by atoms with Gasteiger partial charge in [-0.15, -0.1) is 0 Å². The highest BCUT2D eigenvalue weighted by Gasteiger charge is 2.15. The molecule has 0 saturated carbocycles. The smallest absolute Gasteiger partial charge is 0.255 e. The average molecular weight is 476 g/mol. The van der Waals surface area contributed by atoms with Crippen LogP contribution in [0.1, 0.15) is 15.9 Å². The van der Waals surface area contributed by atoms with Crippen LogP contribution in [0, 0.1) is 6.92 Å². The van der Waals surface area contributed by atoms with Crippen molar-refractivity contribution in [1.29, 1.82) is 0 Å². The summed E-state index contributed by atoms with van der Waals surface area (Å²) in [5.74, 6) is 1.09. The summed E-state index contributed by atoms with van der Waals surface area (Å²) in [6.45, 7) is 2.05. The molecule has 156 valence electrons. The number of rotatable bonds is 5. The number of methoxy groups -OCH3 is 2. The summed E-state index contributed by atoms with van der Waals surface area (Å²) in [5, 5.41) is 4.86. The van der Waals surface area contributed by atoms with Gasteiger partial charge in [-0.25, -0.2) is 0 Å². The Morgan fingerprint density at radius 1 is 0.871 bits per heavy atom. The monoisotopic (exact) mass is 475 g/mol. The zero-order valence-electron chi connectivity index (χ0n) is 17.5. The van der Waals surface area contributed by atoms with E-state index in [0.717, 1.165) is 32.1 Å². The number of ether oxygens (including phenoxy) is 2. The summed E-state index contributed by atoms with van der Waals surface area (Å²) < 4.78 is 11.9. The van der Waals surface area contributed by atoms with Gasteiger partial charge in [0.2, 0.25) is 0 Å². The van der Waals surface area contributed by atoms with E-state index >= 15 is 0 Å². The van der Waals surface area contributed by atoms with Crippen LogP contribution in [0.4, 0.5) is 5.69 Å². The number of amides is 1. The highest BCUT2D eigenvalue weighted by Crippen LogP contribution is 2.38. The van der Waals surface area contributed by atoms with Crippen LogP contribution in [0.25, 0.3) is 21.9 Å². The van der Waals surface area contributed by atoms with Gasteiger partial charge < -0.3 is 14.8 Å². The zero-order chi connectivity index (χ0) is 22.0. The average Bonchev–Trinajstić information content (AvgIpc) is 2.78. The summed E-state index contributed by atoms with van der Waals surface area (Å²) in [7, 11) is 3.23. The minimum Gasteiger partial charge on any atom is -0.493 e. The Hall–Kier alpha value is -3.31. The van der Waals surface area contributed by atoms with Gasteiger partial charge in [0.25, 0.3) is 5.91 Å². The lowest BCUT2D eigenvalue weighted by molar-refractivity contribution is 0.102. The Bertz CT molecular complexity index is 1270. The van der Waals surface area contributed by atoms with E-state index in [4.69, 9.17) is 9.47 Å². The molecular weight excluding hydrogens is 454 g/mol. The molecule has 4 rings (SSSR count). The van der Waals surface area contributed by atoms with Crippen LogP contribution in [0.3, 0.4) is 0 Å². The Kier molecular flexibility index (Phi) is 5.96. The number of carbonyl (C=O) groups is 1. The molecule has 4 aromatic carbocycles. The van der Waals surface area contributed by atoms with Crippen molar-refractivity contribution in [2.45, 2.75) is 6.92 Å². The minimum atomic E-state index is -0.178. The fourth-order valence-corrected chi connectivity index (χ4v) is 3.96. The van der Waals surface area contributed by atoms with Crippen LogP contribution < -0.4 is 14.8 Å². The second-order valence-corrected chi connectivity index (χ2v) is 8.20. The molecule has 4 aromatic rings. The third-order valence-corrected chi connectivity index (χ3v) is 5.66. The van der Waals surface area contributed by atoms with Crippen LogP contribution in [-0.4, -0.2) is 20.1 Å². The summed E-state index contributed by atoms with van der Waals surface area (Å²) in [6, 6.07) is 23.5. The van der Waals surface area contributed by atoms with Crippen molar-refractivity contribution in [2.75, 3.05) is 19.5 Å². The van der Waals surface area contributed by atoms with Crippen LogP contribution in [0.5, 0.6) is 11.5 Å². The molecule has 0 spiro atoms. The molecule has 0 radical (unpaired) electrons. The second kappa shape index (κ2) is 8.82. The van der Waals surface area contributed by atoms with Crippen molar-refractivity contribution in [3.63, 3.8) is 0 Å². The predicted octanol–water partition coefficient (Wildman–Crippen LogP) is 6.85. The normalized spacial score (nSPS) is 10.7. The molecule has 1 N–H and O–H groups in total. The lowest BCUT2D eigenvalue weighted by atomic mass is 9.94. The molecule has 0 bridgehead atoms. The molecule has 31 heavy (non-hydrogen) atoms. The standard InChI is InChI=1S/C26H22BrNO3/c1-16-7-9-17(10-8-16)22-12-19(26(29)28-21-6-4-5-20(27)14-21)11-18-13-24(30-2)25(31-3)15-23(18)22/h4-15H,1-3H3,(H,28,29). The van der Waals surface area contributed by atoms with Gasteiger partial charge in [-0.2, -0.15) is 0 Å². The quantitative estimate of drug-likeness (QED) is 0.343. The molecule has 0 aliphatic heterocycles. The van der Waals surface area contributed by atoms with E-state index in [9.17, 15) is 4.79 Å². The maximum Gasteiger partial charge on any atom is 0.255 e. The van der Waals surface area contributed by atoms with Crippen molar-refractivity contribution >= 4 is 38.3 Å². The fourth-order valence-electron chi connectivity index (χ4n) is 3.56. The number of hydrogen-bond acceptors (Lipinski definition) is 3. The number of fused-ring (bicyclic) bond motifs is 1. The van der Waals surface area contributed by atoms with Crippen molar-refractivity contribution in [2.24, 2.45) is 0 Å². The van der Waals surface area contributed by atoms with Gasteiger partial charge in [0, 0.05) is 15.7 Å². The first-order valence-corrected chi connectivity index (χ1v) is 10.6. The van der Waals surface area contributed by atoms with E-state index < -0.39 is 0 Å². The number of benzene rings is 4. The summed E-state index contributed by atoms with van der Waals surface area (Å²) in [6.07, 6.45) is 0. The molecule has 0 aliphatic carbocycles. The van der Waals surface area contributed by atoms with Crippen molar-refractivity contribution in [3.8, 4) is 22.6 Å². The van der Waals surface area contributed by atoms with Crippen LogP contribution in [-0.2, 0) is 0 Å². The Morgan fingerprint density at radius 3 is 2.26 bits per heavy atom. The first kappa shape index (κ1) is 20.9. The molecule has 4 nitrogen and oxygen atoms in total. The third-order valence-electron chi connectivity index (χ3n) is 5.16. The van der Waals surface area contributed by atoms with Crippen LogP contribution in [0.2, 0.25) is 0 Å². The molecule has 0 fully saturated rings. The van der Waals surface area contributed by atoms with Gasteiger partial charge in [0.1, 0.15) is 0 Å². The topological polar surface area (TPSA) is 47.6 Å². The van der Waals surface area contributed by atoms with E-state index in [0.29, 0.717) is 17.1 Å². The minimum absolute atomic E-state index is 0.178. The predicted molar refractivity (Wildman–Crippen MR) is 129 cm³/mol. The summed E-state index contributed by atoms with van der Waals surface area (Å²) in [5.41, 5.74) is 4.45. The van der Waals surface area contributed by atoms with E-state index in [1.807, 2.05) is 48.5 Å². The van der Waals surface area contributed by atoms with Crippen LogP contribution >= 0.6 is 15.9 Å². The van der Waals surface area contributed by atoms with Gasteiger partial charge in [-0.05, 0) is 71.3 Å². The van der Waals surface area contributed by atoms with Gasteiger partial charge in [-0.3, -0.25) is 4.79 Å². The molecule has 0 aromatic heterocycles. The third kappa shape index (κ3) is 4.42. The molecule has 1 amide bonds. The Labute approximate surface area is 189 Å². The molecule has 0 unspecified atom stereocenters. The summed E-state index contributed by atoms with van der Waals surface area (Å²) >= 11 is 3.44. The van der Waals surface area contributed by atoms with Crippen molar-refractivity contribution < 1.29 is 14.3 Å². The van der Waals surface area contributed by atoms with Gasteiger partial charge in [0.05, 0.1) is 14.2 Å². The zero-order valence-corrected chi connectivity index (χ0v) is 19.1. The highest BCUT2D eigenvalue weighted by atomic mass is 79.9. The second-order valence-electron chi connectivity index (χ2n) is 7.28. The lowest BCUT2D eigenvalue weighted by Gasteiger charge is -2.15. The van der Waals surface area contributed by atoms with E-state index in [-0.39, 0.29) is 5.91 Å². The molecular formula is C26H22BrNO3. The molecule has 5 heteroatoms. The van der Waals surface area contributed by atoms with E-state index in [1.165, 1.54) is 5.56 Å². The summed E-state index contributed by atoms with van der Waals surface area (Å²) in [4.78, 5) is 13.1.